The maximum atomic E-state index is 5.42. The first-order chi connectivity index (χ1) is 5.86. The van der Waals surface area contributed by atoms with Crippen LogP contribution < -0.4 is 10.5 Å². The SMILES string of the molecule is COc1cccc(CCCN)c1. The second-order valence-electron chi connectivity index (χ2n) is 2.74. The summed E-state index contributed by atoms with van der Waals surface area (Å²) >= 11 is 0. The van der Waals surface area contributed by atoms with E-state index in [0.29, 0.717) is 0 Å². The standard InChI is InChI=1S/C10H15NO/c1-12-10-6-2-4-9(8-10)5-3-7-11/h2,4,6,8H,3,5,7,11H2,1H3. The van der Waals surface area contributed by atoms with Crippen LogP contribution in [0.25, 0.3) is 0 Å². The van der Waals surface area contributed by atoms with Crippen LogP contribution in [-0.2, 0) is 6.42 Å². The van der Waals surface area contributed by atoms with E-state index in [4.69, 9.17) is 10.5 Å². The Morgan fingerprint density at radius 1 is 1.42 bits per heavy atom. The maximum absolute atomic E-state index is 5.42. The summed E-state index contributed by atoms with van der Waals surface area (Å²) in [5.74, 6) is 0.921. The van der Waals surface area contributed by atoms with Gasteiger partial charge < -0.3 is 10.5 Å². The number of nitrogens with two attached hydrogens (primary N) is 1. The lowest BCUT2D eigenvalue weighted by molar-refractivity contribution is 0.414. The van der Waals surface area contributed by atoms with Crippen molar-refractivity contribution >= 4 is 0 Å². The van der Waals surface area contributed by atoms with Crippen molar-refractivity contribution in [1.82, 2.24) is 0 Å². The third-order valence-corrected chi connectivity index (χ3v) is 1.80. The molecule has 0 amide bonds. The number of ether oxygens (including phenoxy) is 1. The Balaban J connectivity index is 2.60. The van der Waals surface area contributed by atoms with Crippen molar-refractivity contribution in [2.45, 2.75) is 12.8 Å². The average molecular weight is 165 g/mol. The molecule has 0 atom stereocenters. The van der Waals surface area contributed by atoms with Gasteiger partial charge in [0.15, 0.2) is 0 Å². The molecular formula is C10H15NO. The quantitative estimate of drug-likeness (QED) is 0.735. The van der Waals surface area contributed by atoms with Crippen molar-refractivity contribution < 1.29 is 4.74 Å². The zero-order valence-electron chi connectivity index (χ0n) is 7.42. The number of hydrogen-bond donors (Lipinski definition) is 1. The van der Waals surface area contributed by atoms with Gasteiger partial charge in [-0.25, -0.2) is 0 Å². The molecule has 1 aromatic carbocycles. The molecule has 12 heavy (non-hydrogen) atoms. The van der Waals surface area contributed by atoms with E-state index in [1.165, 1.54) is 5.56 Å². The van der Waals surface area contributed by atoms with E-state index in [-0.39, 0.29) is 0 Å². The largest absolute Gasteiger partial charge is 0.497 e. The summed E-state index contributed by atoms with van der Waals surface area (Å²) in [6.07, 6.45) is 2.07. The third-order valence-electron chi connectivity index (χ3n) is 1.80. The Hall–Kier alpha value is -1.02. The van der Waals surface area contributed by atoms with Crippen LogP contribution in [0.2, 0.25) is 0 Å². The highest BCUT2D eigenvalue weighted by molar-refractivity contribution is 5.28. The lowest BCUT2D eigenvalue weighted by atomic mass is 10.1. The maximum Gasteiger partial charge on any atom is 0.119 e. The molecule has 0 spiro atoms. The highest BCUT2D eigenvalue weighted by atomic mass is 16.5. The van der Waals surface area contributed by atoms with Gasteiger partial charge in [-0.1, -0.05) is 12.1 Å². The molecule has 2 N–H and O–H groups in total. The average Bonchev–Trinajstić information content (AvgIpc) is 2.15. The number of benzene rings is 1. The highest BCUT2D eigenvalue weighted by Gasteiger charge is 1.94. The molecule has 66 valence electrons. The first-order valence-electron chi connectivity index (χ1n) is 4.20. The molecule has 0 aliphatic heterocycles. The topological polar surface area (TPSA) is 35.2 Å². The Bertz CT molecular complexity index is 235. The van der Waals surface area contributed by atoms with Crippen LogP contribution in [0.4, 0.5) is 0 Å². The zero-order chi connectivity index (χ0) is 8.81. The van der Waals surface area contributed by atoms with E-state index in [0.717, 1.165) is 25.1 Å². The van der Waals surface area contributed by atoms with E-state index in [1.54, 1.807) is 7.11 Å². The predicted molar refractivity (Wildman–Crippen MR) is 50.4 cm³/mol. The molecule has 0 aromatic heterocycles. The molecule has 0 aliphatic carbocycles. The molecule has 0 fully saturated rings. The molecule has 0 heterocycles. The Kier molecular flexibility index (Phi) is 3.61. The minimum atomic E-state index is 0.747. The lowest BCUT2D eigenvalue weighted by Crippen LogP contribution is -2.00. The molecular weight excluding hydrogens is 150 g/mol. The highest BCUT2D eigenvalue weighted by Crippen LogP contribution is 2.13. The van der Waals surface area contributed by atoms with E-state index >= 15 is 0 Å². The normalized spacial score (nSPS) is 9.83. The summed E-state index contributed by atoms with van der Waals surface area (Å²) in [6, 6.07) is 8.10. The molecule has 1 aromatic rings. The second-order valence-corrected chi connectivity index (χ2v) is 2.74. The van der Waals surface area contributed by atoms with Crippen LogP contribution in [0.3, 0.4) is 0 Å². The Morgan fingerprint density at radius 3 is 2.92 bits per heavy atom. The van der Waals surface area contributed by atoms with E-state index in [2.05, 4.69) is 12.1 Å². The molecule has 0 bridgehead atoms. The van der Waals surface area contributed by atoms with Gasteiger partial charge in [0.25, 0.3) is 0 Å². The minimum absolute atomic E-state index is 0.747. The molecule has 0 radical (unpaired) electrons. The fraction of sp³-hybridized carbons (Fsp3) is 0.400. The first kappa shape index (κ1) is 9.07. The van der Waals surface area contributed by atoms with Crippen LogP contribution in [0.15, 0.2) is 24.3 Å². The summed E-state index contributed by atoms with van der Waals surface area (Å²) in [7, 11) is 1.68. The van der Waals surface area contributed by atoms with Gasteiger partial charge in [0.2, 0.25) is 0 Å². The molecule has 0 saturated heterocycles. The molecule has 0 unspecified atom stereocenters. The number of rotatable bonds is 4. The fourth-order valence-electron chi connectivity index (χ4n) is 1.13. The van der Waals surface area contributed by atoms with Crippen molar-refractivity contribution in [3.05, 3.63) is 29.8 Å². The van der Waals surface area contributed by atoms with E-state index in [1.807, 2.05) is 12.1 Å². The van der Waals surface area contributed by atoms with E-state index in [9.17, 15) is 0 Å². The van der Waals surface area contributed by atoms with Gasteiger partial charge in [-0.15, -0.1) is 0 Å². The molecule has 2 heteroatoms. The van der Waals surface area contributed by atoms with Crippen molar-refractivity contribution in [2.75, 3.05) is 13.7 Å². The predicted octanol–water partition coefficient (Wildman–Crippen LogP) is 1.59. The van der Waals surface area contributed by atoms with Crippen LogP contribution in [0, 0.1) is 0 Å². The Morgan fingerprint density at radius 2 is 2.25 bits per heavy atom. The minimum Gasteiger partial charge on any atom is -0.497 e. The van der Waals surface area contributed by atoms with E-state index < -0.39 is 0 Å². The van der Waals surface area contributed by atoms with Gasteiger partial charge in [0.05, 0.1) is 7.11 Å². The van der Waals surface area contributed by atoms with Crippen molar-refractivity contribution in [3.63, 3.8) is 0 Å². The first-order valence-corrected chi connectivity index (χ1v) is 4.20. The molecule has 0 aliphatic rings. The number of methoxy groups -OCH3 is 1. The monoisotopic (exact) mass is 165 g/mol. The molecule has 1 rings (SSSR count). The zero-order valence-corrected chi connectivity index (χ0v) is 7.42. The second kappa shape index (κ2) is 4.78. The smallest absolute Gasteiger partial charge is 0.119 e. The van der Waals surface area contributed by atoms with Crippen molar-refractivity contribution in [3.8, 4) is 5.75 Å². The Labute approximate surface area is 73.3 Å². The number of aryl methyl sites for hydroxylation is 1. The summed E-state index contributed by atoms with van der Waals surface area (Å²) < 4.78 is 5.10. The van der Waals surface area contributed by atoms with Crippen LogP contribution in [0.1, 0.15) is 12.0 Å². The summed E-state index contributed by atoms with van der Waals surface area (Å²) in [4.78, 5) is 0. The van der Waals surface area contributed by atoms with Gasteiger partial charge >= 0.3 is 0 Å². The van der Waals surface area contributed by atoms with Crippen molar-refractivity contribution in [2.24, 2.45) is 5.73 Å². The van der Waals surface area contributed by atoms with Gasteiger partial charge in [-0.3, -0.25) is 0 Å². The van der Waals surface area contributed by atoms with Gasteiger partial charge in [0.1, 0.15) is 5.75 Å². The summed E-state index contributed by atoms with van der Waals surface area (Å²) in [5.41, 5.74) is 6.71. The summed E-state index contributed by atoms with van der Waals surface area (Å²) in [5, 5.41) is 0. The van der Waals surface area contributed by atoms with Crippen LogP contribution >= 0.6 is 0 Å². The van der Waals surface area contributed by atoms with Crippen LogP contribution in [0.5, 0.6) is 5.75 Å². The fourth-order valence-corrected chi connectivity index (χ4v) is 1.13. The van der Waals surface area contributed by atoms with Gasteiger partial charge in [0, 0.05) is 0 Å². The lowest BCUT2D eigenvalue weighted by Gasteiger charge is -2.02. The van der Waals surface area contributed by atoms with Gasteiger partial charge in [-0.2, -0.15) is 0 Å². The van der Waals surface area contributed by atoms with Gasteiger partial charge in [-0.05, 0) is 37.1 Å². The number of hydrogen-bond acceptors (Lipinski definition) is 2. The van der Waals surface area contributed by atoms with Crippen molar-refractivity contribution in [1.29, 1.82) is 0 Å². The molecule has 2 nitrogen and oxygen atoms in total. The molecule has 0 saturated carbocycles. The van der Waals surface area contributed by atoms with Crippen LogP contribution in [-0.4, -0.2) is 13.7 Å². The third kappa shape index (κ3) is 2.55. The summed E-state index contributed by atoms with van der Waals surface area (Å²) in [6.45, 7) is 0.747.